The van der Waals surface area contributed by atoms with E-state index in [9.17, 15) is 13.6 Å². The molecule has 166 valence electrons. The van der Waals surface area contributed by atoms with Crippen molar-refractivity contribution in [2.24, 2.45) is 0 Å². The van der Waals surface area contributed by atoms with Crippen LogP contribution in [0.15, 0.2) is 48.7 Å². The first kappa shape index (κ1) is 20.7. The summed E-state index contributed by atoms with van der Waals surface area (Å²) in [5.41, 5.74) is 3.47. The Labute approximate surface area is 187 Å². The number of anilines is 1. The summed E-state index contributed by atoms with van der Waals surface area (Å²) < 4.78 is 29.5. The van der Waals surface area contributed by atoms with Gasteiger partial charge in [-0.05, 0) is 63.2 Å². The SMILES string of the molecule is Cc1nc2c(cnn2C(C)C)cc1C(=O)Nc1ccc2nc(-c3cc(F)ccc3F)[nH]c2c1. The molecule has 0 saturated heterocycles. The second-order valence-electron chi connectivity index (χ2n) is 8.11. The molecule has 0 fully saturated rings. The number of carbonyl (C=O) groups is 1. The first-order valence-electron chi connectivity index (χ1n) is 10.4. The monoisotopic (exact) mass is 446 g/mol. The van der Waals surface area contributed by atoms with Gasteiger partial charge in [-0.15, -0.1) is 0 Å². The van der Waals surface area contributed by atoms with Gasteiger partial charge in [-0.25, -0.2) is 23.4 Å². The van der Waals surface area contributed by atoms with Crippen molar-refractivity contribution in [3.63, 3.8) is 0 Å². The lowest BCUT2D eigenvalue weighted by Crippen LogP contribution is -2.14. The lowest BCUT2D eigenvalue weighted by atomic mass is 10.1. The molecule has 9 heteroatoms. The predicted molar refractivity (Wildman–Crippen MR) is 122 cm³/mol. The Morgan fingerprint density at radius 3 is 2.70 bits per heavy atom. The number of nitrogens with zero attached hydrogens (tertiary/aromatic N) is 4. The fraction of sp³-hybridized carbons (Fsp3) is 0.167. The van der Waals surface area contributed by atoms with Crippen molar-refractivity contribution in [1.82, 2.24) is 24.7 Å². The molecule has 33 heavy (non-hydrogen) atoms. The number of amides is 1. The standard InChI is InChI=1S/C24H20F2N6O/c1-12(2)32-23-14(11-27-32)8-17(13(3)28-23)24(33)29-16-5-7-20-21(10-16)31-22(30-20)18-9-15(25)4-6-19(18)26/h4-12H,1-3H3,(H,29,33)(H,30,31). The van der Waals surface area contributed by atoms with Crippen molar-refractivity contribution in [2.45, 2.75) is 26.8 Å². The molecule has 0 aliphatic rings. The molecule has 0 atom stereocenters. The first-order valence-corrected chi connectivity index (χ1v) is 10.4. The highest BCUT2D eigenvalue weighted by Gasteiger charge is 2.17. The number of imidazole rings is 1. The van der Waals surface area contributed by atoms with E-state index >= 15 is 0 Å². The van der Waals surface area contributed by atoms with E-state index in [1.54, 1.807) is 37.4 Å². The number of hydrogen-bond donors (Lipinski definition) is 2. The van der Waals surface area contributed by atoms with Crippen LogP contribution in [0.1, 0.15) is 35.9 Å². The average Bonchev–Trinajstić information content (AvgIpc) is 3.38. The second kappa shape index (κ2) is 7.77. The van der Waals surface area contributed by atoms with E-state index in [1.165, 1.54) is 0 Å². The van der Waals surface area contributed by atoms with Crippen LogP contribution in [0.3, 0.4) is 0 Å². The van der Waals surface area contributed by atoms with Crippen LogP contribution in [-0.4, -0.2) is 30.6 Å². The van der Waals surface area contributed by atoms with Gasteiger partial charge in [-0.3, -0.25) is 4.79 Å². The lowest BCUT2D eigenvalue weighted by molar-refractivity contribution is 0.102. The molecule has 7 nitrogen and oxygen atoms in total. The van der Waals surface area contributed by atoms with E-state index in [1.807, 2.05) is 18.5 Å². The first-order chi connectivity index (χ1) is 15.8. The van der Waals surface area contributed by atoms with Crippen molar-refractivity contribution in [2.75, 3.05) is 5.32 Å². The molecule has 5 aromatic rings. The van der Waals surface area contributed by atoms with Crippen LogP contribution in [0.4, 0.5) is 14.5 Å². The highest BCUT2D eigenvalue weighted by molar-refractivity contribution is 6.07. The van der Waals surface area contributed by atoms with Gasteiger partial charge in [0.15, 0.2) is 5.65 Å². The number of nitrogens with one attached hydrogen (secondary N) is 2. The quantitative estimate of drug-likeness (QED) is 0.387. The smallest absolute Gasteiger partial charge is 0.257 e. The summed E-state index contributed by atoms with van der Waals surface area (Å²) in [7, 11) is 0. The van der Waals surface area contributed by atoms with Gasteiger partial charge in [0.2, 0.25) is 0 Å². The summed E-state index contributed by atoms with van der Waals surface area (Å²) in [6, 6.07) is 10.2. The Kier molecular flexibility index (Phi) is 4.88. The van der Waals surface area contributed by atoms with Crippen LogP contribution in [0, 0.1) is 18.6 Å². The van der Waals surface area contributed by atoms with E-state index in [-0.39, 0.29) is 23.3 Å². The molecule has 0 bridgehead atoms. The van der Waals surface area contributed by atoms with Crippen LogP contribution in [0.2, 0.25) is 0 Å². The molecule has 5 rings (SSSR count). The maximum absolute atomic E-state index is 14.1. The molecule has 1 amide bonds. The highest BCUT2D eigenvalue weighted by Crippen LogP contribution is 2.26. The van der Waals surface area contributed by atoms with E-state index < -0.39 is 11.6 Å². The third-order valence-corrected chi connectivity index (χ3v) is 5.42. The van der Waals surface area contributed by atoms with Crippen LogP contribution in [0.25, 0.3) is 33.5 Å². The van der Waals surface area contributed by atoms with Crippen LogP contribution in [-0.2, 0) is 0 Å². The van der Waals surface area contributed by atoms with Gasteiger partial charge in [-0.1, -0.05) is 0 Å². The van der Waals surface area contributed by atoms with Crippen molar-refractivity contribution >= 4 is 33.7 Å². The zero-order valence-corrected chi connectivity index (χ0v) is 18.1. The third-order valence-electron chi connectivity index (χ3n) is 5.42. The van der Waals surface area contributed by atoms with Crippen molar-refractivity contribution in [1.29, 1.82) is 0 Å². The Bertz CT molecular complexity index is 1540. The van der Waals surface area contributed by atoms with Gasteiger partial charge in [0.25, 0.3) is 5.91 Å². The minimum Gasteiger partial charge on any atom is -0.338 e. The molecule has 3 heterocycles. The van der Waals surface area contributed by atoms with Crippen LogP contribution < -0.4 is 5.32 Å². The van der Waals surface area contributed by atoms with Gasteiger partial charge in [0, 0.05) is 17.1 Å². The molecular weight excluding hydrogens is 426 g/mol. The van der Waals surface area contributed by atoms with E-state index in [0.717, 1.165) is 29.2 Å². The second-order valence-corrected chi connectivity index (χ2v) is 8.11. The number of H-pyrrole nitrogens is 1. The minimum absolute atomic E-state index is 0.0359. The third kappa shape index (κ3) is 3.71. The number of benzene rings is 2. The van der Waals surface area contributed by atoms with Crippen LogP contribution in [0.5, 0.6) is 0 Å². The maximum Gasteiger partial charge on any atom is 0.257 e. The zero-order chi connectivity index (χ0) is 23.3. The fourth-order valence-corrected chi connectivity index (χ4v) is 3.77. The van der Waals surface area contributed by atoms with Gasteiger partial charge < -0.3 is 10.3 Å². The number of aromatic amines is 1. The van der Waals surface area contributed by atoms with Crippen LogP contribution >= 0.6 is 0 Å². The van der Waals surface area contributed by atoms with Crippen molar-refractivity contribution in [3.05, 3.63) is 71.6 Å². The molecule has 3 aromatic heterocycles. The molecule has 0 spiro atoms. The number of rotatable bonds is 4. The molecule has 2 aromatic carbocycles. The van der Waals surface area contributed by atoms with Gasteiger partial charge in [0.1, 0.15) is 17.5 Å². The number of aryl methyl sites for hydroxylation is 1. The van der Waals surface area contributed by atoms with E-state index in [0.29, 0.717) is 28.0 Å². The summed E-state index contributed by atoms with van der Waals surface area (Å²) in [5.74, 6) is -1.24. The summed E-state index contributed by atoms with van der Waals surface area (Å²) in [4.78, 5) is 24.9. The summed E-state index contributed by atoms with van der Waals surface area (Å²) >= 11 is 0. The molecule has 2 N–H and O–H groups in total. The molecule has 0 unspecified atom stereocenters. The zero-order valence-electron chi connectivity index (χ0n) is 18.1. The summed E-state index contributed by atoms with van der Waals surface area (Å²) in [6.07, 6.45) is 1.70. The Hall–Kier alpha value is -4.14. The number of pyridine rings is 1. The number of fused-ring (bicyclic) bond motifs is 2. The van der Waals surface area contributed by atoms with Gasteiger partial charge >= 0.3 is 0 Å². The van der Waals surface area contributed by atoms with Gasteiger partial charge in [-0.2, -0.15) is 5.10 Å². The number of halogens is 2. The molecular formula is C24H20F2N6O. The Morgan fingerprint density at radius 2 is 1.91 bits per heavy atom. The number of hydrogen-bond acceptors (Lipinski definition) is 4. The Morgan fingerprint density at radius 1 is 1.09 bits per heavy atom. The molecule has 0 aliphatic heterocycles. The van der Waals surface area contributed by atoms with Crippen molar-refractivity contribution < 1.29 is 13.6 Å². The number of carbonyl (C=O) groups excluding carboxylic acids is 1. The molecule has 0 saturated carbocycles. The van der Waals surface area contributed by atoms with E-state index in [4.69, 9.17) is 0 Å². The van der Waals surface area contributed by atoms with Gasteiger partial charge in [0.05, 0.1) is 34.1 Å². The average molecular weight is 446 g/mol. The largest absolute Gasteiger partial charge is 0.338 e. The topological polar surface area (TPSA) is 88.5 Å². The van der Waals surface area contributed by atoms with E-state index in [2.05, 4.69) is 25.4 Å². The summed E-state index contributed by atoms with van der Waals surface area (Å²) in [6.45, 7) is 5.82. The molecule has 0 aliphatic carbocycles. The minimum atomic E-state index is -0.580. The highest BCUT2D eigenvalue weighted by atomic mass is 19.1. The molecule has 0 radical (unpaired) electrons. The normalized spacial score (nSPS) is 11.6. The lowest BCUT2D eigenvalue weighted by Gasteiger charge is -2.10. The van der Waals surface area contributed by atoms with Crippen molar-refractivity contribution in [3.8, 4) is 11.4 Å². The fourth-order valence-electron chi connectivity index (χ4n) is 3.77. The number of aromatic nitrogens is 5. The predicted octanol–water partition coefficient (Wildman–Crippen LogP) is 5.39. The maximum atomic E-state index is 14.1. The Balaban J connectivity index is 1.45. The summed E-state index contributed by atoms with van der Waals surface area (Å²) in [5, 5.41) is 8.00.